The van der Waals surface area contributed by atoms with Crippen molar-refractivity contribution in [2.24, 2.45) is 0 Å². The van der Waals surface area contributed by atoms with Crippen LogP contribution in [0.3, 0.4) is 0 Å². The van der Waals surface area contributed by atoms with E-state index in [0.29, 0.717) is 12.2 Å². The quantitative estimate of drug-likeness (QED) is 0.833. The van der Waals surface area contributed by atoms with Crippen LogP contribution in [0.25, 0.3) is 0 Å². The third-order valence-corrected chi connectivity index (χ3v) is 3.44. The molecule has 6 heteroatoms. The lowest BCUT2D eigenvalue weighted by molar-refractivity contribution is 0.0942. The first kappa shape index (κ1) is 15.2. The van der Waals surface area contributed by atoms with Gasteiger partial charge in [0.2, 0.25) is 0 Å². The number of hydrogen-bond donors (Lipinski definition) is 1. The number of amides is 1. The Labute approximate surface area is 117 Å². The zero-order valence-electron chi connectivity index (χ0n) is 11.2. The van der Waals surface area contributed by atoms with E-state index in [1.807, 2.05) is 13.1 Å². The summed E-state index contributed by atoms with van der Waals surface area (Å²) in [7, 11) is 0. The first-order chi connectivity index (χ1) is 8.62. The van der Waals surface area contributed by atoms with Crippen LogP contribution in [0.5, 0.6) is 0 Å². The number of likely N-dealkylation sites (N-methyl/N-ethyl adjacent to an activating group) is 1. The molecule has 0 fully saturated rings. The molecular formula is C12H21BrN4O. The SMILES string of the molecule is CCN(CC)CCNC(=O)c1nn(CC)cc1Br. The Morgan fingerprint density at radius 1 is 1.44 bits per heavy atom. The topological polar surface area (TPSA) is 50.2 Å². The Kier molecular flexibility index (Phi) is 6.35. The first-order valence-corrected chi connectivity index (χ1v) is 7.15. The number of nitrogens with one attached hydrogen (secondary N) is 1. The fraction of sp³-hybridized carbons (Fsp3) is 0.667. The monoisotopic (exact) mass is 316 g/mol. The van der Waals surface area contributed by atoms with Gasteiger partial charge in [-0.3, -0.25) is 9.48 Å². The maximum Gasteiger partial charge on any atom is 0.273 e. The highest BCUT2D eigenvalue weighted by Crippen LogP contribution is 2.14. The van der Waals surface area contributed by atoms with E-state index in [9.17, 15) is 4.79 Å². The summed E-state index contributed by atoms with van der Waals surface area (Å²) in [4.78, 5) is 14.2. The van der Waals surface area contributed by atoms with E-state index < -0.39 is 0 Å². The van der Waals surface area contributed by atoms with E-state index >= 15 is 0 Å². The van der Waals surface area contributed by atoms with Gasteiger partial charge in [-0.1, -0.05) is 13.8 Å². The number of rotatable bonds is 7. The smallest absolute Gasteiger partial charge is 0.273 e. The summed E-state index contributed by atoms with van der Waals surface area (Å²) in [6.45, 7) is 10.5. The van der Waals surface area contributed by atoms with Gasteiger partial charge in [-0.15, -0.1) is 0 Å². The van der Waals surface area contributed by atoms with Crippen molar-refractivity contribution in [3.8, 4) is 0 Å². The van der Waals surface area contributed by atoms with Crippen LogP contribution >= 0.6 is 15.9 Å². The van der Waals surface area contributed by atoms with Crippen molar-refractivity contribution in [3.63, 3.8) is 0 Å². The maximum absolute atomic E-state index is 11.9. The van der Waals surface area contributed by atoms with E-state index in [1.165, 1.54) is 0 Å². The maximum atomic E-state index is 11.9. The Bertz CT molecular complexity index is 387. The van der Waals surface area contributed by atoms with Gasteiger partial charge < -0.3 is 10.2 Å². The van der Waals surface area contributed by atoms with Crippen molar-refractivity contribution in [1.29, 1.82) is 0 Å². The standard InChI is InChI=1S/C12H21BrN4O/c1-4-16(5-2)8-7-14-12(18)11-10(13)9-17(6-3)15-11/h9H,4-8H2,1-3H3,(H,14,18). The lowest BCUT2D eigenvalue weighted by Crippen LogP contribution is -2.35. The number of carbonyl (C=O) groups excluding carboxylic acids is 1. The zero-order chi connectivity index (χ0) is 13.5. The number of halogens is 1. The normalized spacial score (nSPS) is 10.9. The number of aromatic nitrogens is 2. The lowest BCUT2D eigenvalue weighted by Gasteiger charge is -2.17. The minimum Gasteiger partial charge on any atom is -0.349 e. The molecule has 0 spiro atoms. The number of hydrogen-bond acceptors (Lipinski definition) is 3. The highest BCUT2D eigenvalue weighted by Gasteiger charge is 2.14. The Morgan fingerprint density at radius 3 is 2.61 bits per heavy atom. The molecular weight excluding hydrogens is 296 g/mol. The predicted octanol–water partition coefficient (Wildman–Crippen LogP) is 1.74. The minimum absolute atomic E-state index is 0.124. The molecule has 0 radical (unpaired) electrons. The lowest BCUT2D eigenvalue weighted by atomic mass is 10.4. The fourth-order valence-electron chi connectivity index (χ4n) is 1.66. The Hall–Kier alpha value is -0.880. The summed E-state index contributed by atoms with van der Waals surface area (Å²) in [5.74, 6) is -0.124. The number of aryl methyl sites for hydroxylation is 1. The second-order valence-corrected chi connectivity index (χ2v) is 4.82. The van der Waals surface area contributed by atoms with E-state index in [0.717, 1.165) is 30.7 Å². The minimum atomic E-state index is -0.124. The summed E-state index contributed by atoms with van der Waals surface area (Å²) in [5.41, 5.74) is 0.455. The molecule has 1 rings (SSSR count). The van der Waals surface area contributed by atoms with E-state index in [1.54, 1.807) is 4.68 Å². The van der Waals surface area contributed by atoms with Crippen LogP contribution in [0.4, 0.5) is 0 Å². The molecule has 0 atom stereocenters. The van der Waals surface area contributed by atoms with Gasteiger partial charge in [0.25, 0.3) is 5.91 Å². The molecule has 1 amide bonds. The van der Waals surface area contributed by atoms with Gasteiger partial charge >= 0.3 is 0 Å². The van der Waals surface area contributed by atoms with Crippen molar-refractivity contribution in [2.75, 3.05) is 26.2 Å². The van der Waals surface area contributed by atoms with Gasteiger partial charge in [-0.25, -0.2) is 0 Å². The predicted molar refractivity (Wildman–Crippen MR) is 75.7 cm³/mol. The summed E-state index contributed by atoms with van der Waals surface area (Å²) >= 11 is 3.35. The van der Waals surface area contributed by atoms with Crippen molar-refractivity contribution in [1.82, 2.24) is 20.0 Å². The molecule has 18 heavy (non-hydrogen) atoms. The van der Waals surface area contributed by atoms with E-state index in [2.05, 4.69) is 45.1 Å². The van der Waals surface area contributed by atoms with Gasteiger partial charge in [-0.05, 0) is 35.9 Å². The summed E-state index contributed by atoms with van der Waals surface area (Å²) in [6.07, 6.45) is 1.82. The molecule has 1 heterocycles. The van der Waals surface area contributed by atoms with Gasteiger partial charge in [-0.2, -0.15) is 5.10 Å². The zero-order valence-corrected chi connectivity index (χ0v) is 12.8. The van der Waals surface area contributed by atoms with Crippen molar-refractivity contribution in [2.45, 2.75) is 27.3 Å². The average Bonchev–Trinajstić information content (AvgIpc) is 2.76. The Balaban J connectivity index is 2.47. The second-order valence-electron chi connectivity index (χ2n) is 3.96. The van der Waals surface area contributed by atoms with Crippen LogP contribution in [0.2, 0.25) is 0 Å². The van der Waals surface area contributed by atoms with Crippen LogP contribution in [0.1, 0.15) is 31.3 Å². The Morgan fingerprint density at radius 2 is 2.11 bits per heavy atom. The molecule has 0 saturated carbocycles. The molecule has 0 saturated heterocycles. The molecule has 1 N–H and O–H groups in total. The largest absolute Gasteiger partial charge is 0.349 e. The molecule has 5 nitrogen and oxygen atoms in total. The van der Waals surface area contributed by atoms with Gasteiger partial charge in [0, 0.05) is 25.8 Å². The third kappa shape index (κ3) is 4.10. The van der Waals surface area contributed by atoms with Crippen molar-refractivity contribution < 1.29 is 4.79 Å². The molecule has 102 valence electrons. The fourth-order valence-corrected chi connectivity index (χ4v) is 2.16. The van der Waals surface area contributed by atoms with Crippen LogP contribution in [0, 0.1) is 0 Å². The summed E-state index contributed by atoms with van der Waals surface area (Å²) in [5, 5.41) is 7.10. The molecule has 0 aliphatic rings. The molecule has 0 aliphatic heterocycles. The van der Waals surface area contributed by atoms with Crippen molar-refractivity contribution in [3.05, 3.63) is 16.4 Å². The molecule has 0 unspecified atom stereocenters. The molecule has 0 aliphatic carbocycles. The summed E-state index contributed by atoms with van der Waals surface area (Å²) < 4.78 is 2.48. The first-order valence-electron chi connectivity index (χ1n) is 6.35. The van der Waals surface area contributed by atoms with Gasteiger partial charge in [0.15, 0.2) is 5.69 Å². The van der Waals surface area contributed by atoms with Crippen molar-refractivity contribution >= 4 is 21.8 Å². The number of nitrogens with zero attached hydrogens (tertiary/aromatic N) is 3. The molecule has 1 aromatic rings. The molecule has 1 aromatic heterocycles. The van der Waals surface area contributed by atoms with E-state index in [-0.39, 0.29) is 5.91 Å². The average molecular weight is 317 g/mol. The third-order valence-electron chi connectivity index (χ3n) is 2.86. The van der Waals surface area contributed by atoms with Crippen LogP contribution in [0.15, 0.2) is 10.7 Å². The highest BCUT2D eigenvalue weighted by atomic mass is 79.9. The number of carbonyl (C=O) groups is 1. The molecule has 0 aromatic carbocycles. The van der Waals surface area contributed by atoms with Crippen LogP contribution in [-0.2, 0) is 6.54 Å². The molecule has 0 bridgehead atoms. The second kappa shape index (κ2) is 7.53. The van der Waals surface area contributed by atoms with Crippen LogP contribution in [-0.4, -0.2) is 46.8 Å². The summed E-state index contributed by atoms with van der Waals surface area (Å²) in [6, 6.07) is 0. The van der Waals surface area contributed by atoms with Crippen LogP contribution < -0.4 is 5.32 Å². The van der Waals surface area contributed by atoms with E-state index in [4.69, 9.17) is 0 Å². The highest BCUT2D eigenvalue weighted by molar-refractivity contribution is 9.10. The van der Waals surface area contributed by atoms with Gasteiger partial charge in [0.1, 0.15) is 0 Å². The van der Waals surface area contributed by atoms with Gasteiger partial charge in [0.05, 0.1) is 4.47 Å².